The van der Waals surface area contributed by atoms with Crippen molar-refractivity contribution in [3.63, 3.8) is 0 Å². The Morgan fingerprint density at radius 2 is 2.04 bits per heavy atom. The number of hydrogen-bond donors (Lipinski definition) is 1. The summed E-state index contributed by atoms with van der Waals surface area (Å²) in [5, 5.41) is 0.657. The van der Waals surface area contributed by atoms with Gasteiger partial charge >= 0.3 is 0 Å². The van der Waals surface area contributed by atoms with E-state index in [0.29, 0.717) is 27.8 Å². The van der Waals surface area contributed by atoms with Crippen LogP contribution in [0, 0.1) is 6.92 Å². The molecule has 26 heavy (non-hydrogen) atoms. The van der Waals surface area contributed by atoms with Crippen molar-refractivity contribution >= 4 is 27.3 Å². The third kappa shape index (κ3) is 3.70. The maximum absolute atomic E-state index is 12.7. The van der Waals surface area contributed by atoms with Crippen LogP contribution in [0.5, 0.6) is 0 Å². The third-order valence-electron chi connectivity index (χ3n) is 4.44. The molecule has 2 aromatic heterocycles. The highest BCUT2D eigenvalue weighted by Gasteiger charge is 2.25. The van der Waals surface area contributed by atoms with E-state index in [2.05, 4.69) is 9.71 Å². The second-order valence-corrected chi connectivity index (χ2v) is 9.27. The predicted octanol–water partition coefficient (Wildman–Crippen LogP) is 2.38. The van der Waals surface area contributed by atoms with E-state index in [1.165, 1.54) is 11.3 Å². The molecule has 1 aliphatic heterocycles. The zero-order valence-corrected chi connectivity index (χ0v) is 16.9. The van der Waals surface area contributed by atoms with Gasteiger partial charge in [-0.15, -0.1) is 11.3 Å². The van der Waals surface area contributed by atoms with Crippen LogP contribution in [0.3, 0.4) is 0 Å². The van der Waals surface area contributed by atoms with Crippen LogP contribution < -0.4 is 4.72 Å². The van der Waals surface area contributed by atoms with E-state index in [9.17, 15) is 13.2 Å². The molecule has 1 amide bonds. The average Bonchev–Trinajstić information content (AvgIpc) is 3.32. The molecule has 0 saturated carbocycles. The molecule has 1 aliphatic rings. The van der Waals surface area contributed by atoms with Crippen LogP contribution in [-0.4, -0.2) is 48.4 Å². The molecule has 1 N–H and O–H groups in total. The van der Waals surface area contributed by atoms with Crippen LogP contribution >= 0.6 is 11.3 Å². The van der Waals surface area contributed by atoms with Gasteiger partial charge in [0, 0.05) is 32.9 Å². The van der Waals surface area contributed by atoms with Gasteiger partial charge in [-0.25, -0.2) is 18.1 Å². The number of nitrogens with one attached hydrogen (secondary N) is 1. The molecule has 0 aliphatic carbocycles. The Morgan fingerprint density at radius 1 is 1.35 bits per heavy atom. The van der Waals surface area contributed by atoms with Gasteiger partial charge in [0.15, 0.2) is 0 Å². The van der Waals surface area contributed by atoms with Crippen molar-refractivity contribution in [3.05, 3.63) is 22.8 Å². The van der Waals surface area contributed by atoms with Gasteiger partial charge in [-0.3, -0.25) is 4.79 Å². The van der Waals surface area contributed by atoms with Crippen molar-refractivity contribution in [1.29, 1.82) is 0 Å². The second-order valence-electron chi connectivity index (χ2n) is 6.50. The highest BCUT2D eigenvalue weighted by atomic mass is 32.2. The fourth-order valence-corrected chi connectivity index (χ4v) is 5.28. The van der Waals surface area contributed by atoms with E-state index in [1.807, 2.05) is 18.7 Å². The molecule has 0 atom stereocenters. The number of sulfonamides is 1. The predicted molar refractivity (Wildman–Crippen MR) is 102 cm³/mol. The van der Waals surface area contributed by atoms with Crippen molar-refractivity contribution < 1.29 is 13.2 Å². The minimum atomic E-state index is -3.53. The molecule has 0 radical (unpaired) electrons. The molecular weight excluding hydrogens is 372 g/mol. The summed E-state index contributed by atoms with van der Waals surface area (Å²) < 4.78 is 29.0. The molecule has 3 heterocycles. The average molecular weight is 397 g/mol. The summed E-state index contributed by atoms with van der Waals surface area (Å²) >= 11 is 1.33. The van der Waals surface area contributed by atoms with Crippen molar-refractivity contribution in [2.24, 2.45) is 7.05 Å². The van der Waals surface area contributed by atoms with Crippen molar-refractivity contribution in [3.8, 4) is 10.7 Å². The highest BCUT2D eigenvalue weighted by Crippen LogP contribution is 2.31. The highest BCUT2D eigenvalue weighted by molar-refractivity contribution is 7.89. The van der Waals surface area contributed by atoms with Crippen LogP contribution in [0.1, 0.15) is 41.6 Å². The SMILES string of the molecule is CCCNS(=O)(=O)c1cc(-c2nc(C)c(C(=O)N3CCCC3)s2)n(C)c1. The number of rotatable bonds is 6. The zero-order valence-electron chi connectivity index (χ0n) is 15.3. The van der Waals surface area contributed by atoms with Gasteiger partial charge in [0.25, 0.3) is 5.91 Å². The molecule has 0 aromatic carbocycles. The Morgan fingerprint density at radius 3 is 2.69 bits per heavy atom. The maximum atomic E-state index is 12.7. The fourth-order valence-electron chi connectivity index (χ4n) is 2.98. The number of thiazole rings is 1. The number of aryl methyl sites for hydroxylation is 2. The molecule has 7 nitrogen and oxygen atoms in total. The first-order chi connectivity index (χ1) is 12.3. The maximum Gasteiger partial charge on any atom is 0.265 e. The van der Waals surface area contributed by atoms with Crippen LogP contribution in [0.25, 0.3) is 10.7 Å². The standard InChI is InChI=1S/C17H24N4O3S2/c1-4-7-18-26(23,24)13-10-14(20(3)11-13)16-19-12(2)15(25-16)17(22)21-8-5-6-9-21/h10-11,18H,4-9H2,1-3H3. The molecule has 1 fully saturated rings. The molecule has 3 rings (SSSR count). The lowest BCUT2D eigenvalue weighted by Crippen LogP contribution is -2.27. The lowest BCUT2D eigenvalue weighted by atomic mass is 10.3. The first-order valence-electron chi connectivity index (χ1n) is 8.76. The first-order valence-corrected chi connectivity index (χ1v) is 11.1. The third-order valence-corrected chi connectivity index (χ3v) is 7.03. The number of nitrogens with zero attached hydrogens (tertiary/aromatic N) is 3. The molecule has 1 saturated heterocycles. The van der Waals surface area contributed by atoms with Gasteiger partial charge in [-0.2, -0.15) is 0 Å². The summed E-state index contributed by atoms with van der Waals surface area (Å²) in [6.45, 7) is 5.72. The normalized spacial score (nSPS) is 15.0. The van der Waals surface area contributed by atoms with E-state index < -0.39 is 10.0 Å². The van der Waals surface area contributed by atoms with Crippen molar-refractivity contribution in [2.75, 3.05) is 19.6 Å². The van der Waals surface area contributed by atoms with Crippen LogP contribution in [0.4, 0.5) is 0 Å². The minimum absolute atomic E-state index is 0.0235. The number of aromatic nitrogens is 2. The summed E-state index contributed by atoms with van der Waals surface area (Å²) in [5.41, 5.74) is 1.38. The molecule has 142 valence electrons. The van der Waals surface area contributed by atoms with Gasteiger partial charge in [0.1, 0.15) is 14.8 Å². The van der Waals surface area contributed by atoms with E-state index >= 15 is 0 Å². The molecule has 0 spiro atoms. The van der Waals surface area contributed by atoms with Gasteiger partial charge in [-0.1, -0.05) is 6.92 Å². The zero-order chi connectivity index (χ0) is 18.9. The molecule has 0 unspecified atom stereocenters. The second kappa shape index (κ2) is 7.50. The number of carbonyl (C=O) groups is 1. The Bertz CT molecular complexity index is 909. The van der Waals surface area contributed by atoms with Gasteiger partial charge < -0.3 is 9.47 Å². The summed E-state index contributed by atoms with van der Waals surface area (Å²) in [7, 11) is -1.75. The molecule has 2 aromatic rings. The summed E-state index contributed by atoms with van der Waals surface area (Å²) in [4.78, 5) is 19.9. The lowest BCUT2D eigenvalue weighted by Gasteiger charge is -2.13. The van der Waals surface area contributed by atoms with Gasteiger partial charge in [0.2, 0.25) is 10.0 Å². The van der Waals surface area contributed by atoms with E-state index in [1.54, 1.807) is 23.9 Å². The monoisotopic (exact) mass is 396 g/mol. The van der Waals surface area contributed by atoms with E-state index in [4.69, 9.17) is 0 Å². The number of amides is 1. The summed E-state index contributed by atoms with van der Waals surface area (Å²) in [5.74, 6) is 0.0235. The summed E-state index contributed by atoms with van der Waals surface area (Å²) in [6, 6.07) is 1.61. The Kier molecular flexibility index (Phi) is 5.50. The van der Waals surface area contributed by atoms with Crippen LogP contribution in [0.2, 0.25) is 0 Å². The molecule has 9 heteroatoms. The Labute approximate surface area is 158 Å². The first kappa shape index (κ1) is 19.1. The molecular formula is C17H24N4O3S2. The van der Waals surface area contributed by atoms with E-state index in [0.717, 1.165) is 32.4 Å². The number of likely N-dealkylation sites (tertiary alicyclic amines) is 1. The van der Waals surface area contributed by atoms with Crippen LogP contribution in [0.15, 0.2) is 17.2 Å². The quantitative estimate of drug-likeness (QED) is 0.812. The Hall–Kier alpha value is -1.71. The number of hydrogen-bond acceptors (Lipinski definition) is 5. The minimum Gasteiger partial charge on any atom is -0.347 e. The van der Waals surface area contributed by atoms with Gasteiger partial charge in [0.05, 0.1) is 11.4 Å². The van der Waals surface area contributed by atoms with E-state index in [-0.39, 0.29) is 10.8 Å². The topological polar surface area (TPSA) is 84.3 Å². The largest absolute Gasteiger partial charge is 0.347 e. The van der Waals surface area contributed by atoms with Crippen molar-refractivity contribution in [2.45, 2.75) is 38.0 Å². The molecule has 0 bridgehead atoms. The Balaban J connectivity index is 1.90. The van der Waals surface area contributed by atoms with Gasteiger partial charge in [-0.05, 0) is 32.3 Å². The van der Waals surface area contributed by atoms with Crippen LogP contribution in [-0.2, 0) is 17.1 Å². The smallest absolute Gasteiger partial charge is 0.265 e. The lowest BCUT2D eigenvalue weighted by molar-refractivity contribution is 0.0796. The summed E-state index contributed by atoms with van der Waals surface area (Å²) in [6.07, 6.45) is 4.39. The number of carbonyl (C=O) groups excluding carboxylic acids is 1. The fraction of sp³-hybridized carbons (Fsp3) is 0.529. The van der Waals surface area contributed by atoms with Crippen molar-refractivity contribution in [1.82, 2.24) is 19.2 Å².